The molecule has 0 aliphatic heterocycles. The van der Waals surface area contributed by atoms with Crippen molar-refractivity contribution in [1.82, 2.24) is 0 Å². The highest BCUT2D eigenvalue weighted by Gasteiger charge is 2.06. The van der Waals surface area contributed by atoms with E-state index in [0.717, 1.165) is 6.07 Å². The van der Waals surface area contributed by atoms with Crippen LogP contribution in [0.1, 0.15) is 5.56 Å². The molecule has 1 aromatic carbocycles. The van der Waals surface area contributed by atoms with Gasteiger partial charge in [0.15, 0.2) is 5.78 Å². The highest BCUT2D eigenvalue weighted by atomic mass is 16.3. The molecule has 0 heterocycles. The maximum absolute atomic E-state index is 10.8. The maximum Gasteiger partial charge on any atom is 0.162 e. The zero-order chi connectivity index (χ0) is 9.84. The van der Waals surface area contributed by atoms with Gasteiger partial charge in [0.2, 0.25) is 0 Å². The van der Waals surface area contributed by atoms with E-state index in [0.29, 0.717) is 5.56 Å². The van der Waals surface area contributed by atoms with Crippen molar-refractivity contribution in [3.05, 3.63) is 23.8 Å². The van der Waals surface area contributed by atoms with Gasteiger partial charge < -0.3 is 15.3 Å². The lowest BCUT2D eigenvalue weighted by atomic mass is 10.1. The van der Waals surface area contributed by atoms with E-state index >= 15 is 0 Å². The fraction of sp³-hybridized carbons (Fsp3) is 0.222. The Morgan fingerprint density at radius 1 is 1.31 bits per heavy atom. The van der Waals surface area contributed by atoms with E-state index in [4.69, 9.17) is 10.2 Å². The van der Waals surface area contributed by atoms with E-state index in [1.54, 1.807) is 0 Å². The van der Waals surface area contributed by atoms with Crippen LogP contribution in [0.25, 0.3) is 0 Å². The number of hydrogen-bond donors (Lipinski definition) is 3. The Hall–Kier alpha value is -1.55. The summed E-state index contributed by atoms with van der Waals surface area (Å²) < 4.78 is 0. The predicted molar refractivity (Wildman–Crippen MR) is 45.6 cm³/mol. The largest absolute Gasteiger partial charge is 0.508 e. The van der Waals surface area contributed by atoms with E-state index < -0.39 is 6.61 Å². The molecule has 4 nitrogen and oxygen atoms in total. The third-order valence-electron chi connectivity index (χ3n) is 1.63. The van der Waals surface area contributed by atoms with Crippen molar-refractivity contribution >= 4 is 5.78 Å². The molecule has 0 amide bonds. The number of aromatic hydroxyl groups is 2. The normalized spacial score (nSPS) is 9.92. The minimum Gasteiger partial charge on any atom is -0.508 e. The minimum atomic E-state index is -0.541. The lowest BCUT2D eigenvalue weighted by molar-refractivity contribution is -0.121. The van der Waals surface area contributed by atoms with Crippen molar-refractivity contribution in [3.8, 4) is 11.5 Å². The Kier molecular flexibility index (Phi) is 2.87. The summed E-state index contributed by atoms with van der Waals surface area (Å²) in [7, 11) is 0. The number of hydrogen-bond acceptors (Lipinski definition) is 4. The van der Waals surface area contributed by atoms with Crippen molar-refractivity contribution in [2.24, 2.45) is 0 Å². The average Bonchev–Trinajstić information content (AvgIpc) is 2.09. The number of phenols is 2. The van der Waals surface area contributed by atoms with Crippen LogP contribution in [0.4, 0.5) is 0 Å². The lowest BCUT2D eigenvalue weighted by Gasteiger charge is -2.02. The Labute approximate surface area is 75.1 Å². The molecule has 0 aliphatic rings. The minimum absolute atomic E-state index is 0.0252. The molecule has 0 aromatic heterocycles. The fourth-order valence-electron chi connectivity index (χ4n) is 0.970. The first-order valence-electron chi connectivity index (χ1n) is 3.77. The zero-order valence-electron chi connectivity index (χ0n) is 6.90. The number of rotatable bonds is 3. The number of aliphatic hydroxyl groups is 1. The number of aliphatic hydroxyl groups excluding tert-OH is 1. The Bertz CT molecular complexity index is 319. The quantitative estimate of drug-likeness (QED) is 0.624. The number of Topliss-reactive ketones (excluding diaryl/α,β-unsaturated/α-hetero) is 1. The SMILES string of the molecule is O=C(CO)Cc1ccc(O)cc1O. The van der Waals surface area contributed by atoms with Crippen LogP contribution in [0.3, 0.4) is 0 Å². The third kappa shape index (κ3) is 2.45. The van der Waals surface area contributed by atoms with Gasteiger partial charge in [-0.05, 0) is 6.07 Å². The van der Waals surface area contributed by atoms with Crippen LogP contribution in [0, 0.1) is 0 Å². The van der Waals surface area contributed by atoms with Crippen molar-refractivity contribution in [3.63, 3.8) is 0 Å². The molecule has 4 heteroatoms. The van der Waals surface area contributed by atoms with Gasteiger partial charge in [0.25, 0.3) is 0 Å². The van der Waals surface area contributed by atoms with E-state index in [1.807, 2.05) is 0 Å². The highest BCUT2D eigenvalue weighted by molar-refractivity contribution is 5.82. The van der Waals surface area contributed by atoms with Crippen LogP contribution in [0.5, 0.6) is 11.5 Å². The Balaban J connectivity index is 2.83. The molecular formula is C9H10O4. The van der Waals surface area contributed by atoms with Crippen LogP contribution >= 0.6 is 0 Å². The summed E-state index contributed by atoms with van der Waals surface area (Å²) in [5.74, 6) is -0.569. The average molecular weight is 182 g/mol. The topological polar surface area (TPSA) is 77.8 Å². The van der Waals surface area contributed by atoms with Gasteiger partial charge in [-0.2, -0.15) is 0 Å². The second-order valence-corrected chi connectivity index (χ2v) is 2.69. The van der Waals surface area contributed by atoms with E-state index in [-0.39, 0.29) is 23.7 Å². The lowest BCUT2D eigenvalue weighted by Crippen LogP contribution is -2.07. The first-order valence-corrected chi connectivity index (χ1v) is 3.77. The Morgan fingerprint density at radius 2 is 2.00 bits per heavy atom. The Morgan fingerprint density at radius 3 is 2.54 bits per heavy atom. The molecule has 0 spiro atoms. The predicted octanol–water partition coefficient (Wildman–Crippen LogP) is 0.202. The first-order chi connectivity index (χ1) is 6.13. The molecular weight excluding hydrogens is 172 g/mol. The van der Waals surface area contributed by atoms with Crippen LogP contribution in [0.15, 0.2) is 18.2 Å². The third-order valence-corrected chi connectivity index (χ3v) is 1.63. The molecule has 0 saturated carbocycles. The monoisotopic (exact) mass is 182 g/mol. The summed E-state index contributed by atoms with van der Waals surface area (Å²) in [5.41, 5.74) is 0.400. The van der Waals surface area contributed by atoms with E-state index in [2.05, 4.69) is 0 Å². The molecule has 0 radical (unpaired) electrons. The molecule has 0 unspecified atom stereocenters. The number of benzene rings is 1. The van der Waals surface area contributed by atoms with E-state index in [1.165, 1.54) is 12.1 Å². The summed E-state index contributed by atoms with van der Waals surface area (Å²) in [5, 5.41) is 26.6. The van der Waals surface area contributed by atoms with Crippen molar-refractivity contribution in [2.75, 3.05) is 6.61 Å². The maximum atomic E-state index is 10.8. The fourth-order valence-corrected chi connectivity index (χ4v) is 0.970. The number of carbonyl (C=O) groups is 1. The molecule has 0 aliphatic carbocycles. The summed E-state index contributed by atoms with van der Waals surface area (Å²) in [6.07, 6.45) is -0.0252. The number of ketones is 1. The standard InChI is InChI=1S/C9H10O4/c10-5-8(12)3-6-1-2-7(11)4-9(6)13/h1-2,4,10-11,13H,3,5H2. The number of phenolic OH excluding ortho intramolecular Hbond substituents is 2. The molecule has 0 atom stereocenters. The van der Waals surface area contributed by atoms with E-state index in [9.17, 15) is 9.90 Å². The molecule has 13 heavy (non-hydrogen) atoms. The molecule has 3 N–H and O–H groups in total. The van der Waals surface area contributed by atoms with Crippen molar-refractivity contribution in [1.29, 1.82) is 0 Å². The van der Waals surface area contributed by atoms with Crippen LogP contribution in [-0.2, 0) is 11.2 Å². The van der Waals surface area contributed by atoms with Crippen LogP contribution in [0.2, 0.25) is 0 Å². The van der Waals surface area contributed by atoms with Gasteiger partial charge in [-0.1, -0.05) is 6.07 Å². The second kappa shape index (κ2) is 3.91. The zero-order valence-corrected chi connectivity index (χ0v) is 6.90. The molecule has 1 rings (SSSR count). The van der Waals surface area contributed by atoms with Gasteiger partial charge in [-0.25, -0.2) is 0 Å². The second-order valence-electron chi connectivity index (χ2n) is 2.69. The van der Waals surface area contributed by atoms with Gasteiger partial charge >= 0.3 is 0 Å². The van der Waals surface area contributed by atoms with Crippen molar-refractivity contribution in [2.45, 2.75) is 6.42 Å². The molecule has 1 aromatic rings. The van der Waals surface area contributed by atoms with Gasteiger partial charge in [0.05, 0.1) is 0 Å². The summed E-state index contributed by atoms with van der Waals surface area (Å²) in [6, 6.07) is 3.97. The van der Waals surface area contributed by atoms with Gasteiger partial charge in [0, 0.05) is 18.1 Å². The molecule has 70 valence electrons. The summed E-state index contributed by atoms with van der Waals surface area (Å²) >= 11 is 0. The van der Waals surface area contributed by atoms with Crippen LogP contribution < -0.4 is 0 Å². The van der Waals surface area contributed by atoms with Gasteiger partial charge in [-0.3, -0.25) is 4.79 Å². The molecule has 0 fully saturated rings. The summed E-state index contributed by atoms with van der Waals surface area (Å²) in [6.45, 7) is -0.541. The van der Waals surface area contributed by atoms with Crippen LogP contribution in [-0.4, -0.2) is 27.7 Å². The first kappa shape index (κ1) is 9.54. The van der Waals surface area contributed by atoms with Crippen molar-refractivity contribution < 1.29 is 20.1 Å². The molecule has 0 saturated heterocycles. The number of carbonyl (C=O) groups excluding carboxylic acids is 1. The van der Waals surface area contributed by atoms with Gasteiger partial charge in [0.1, 0.15) is 18.1 Å². The van der Waals surface area contributed by atoms with Gasteiger partial charge in [-0.15, -0.1) is 0 Å². The molecule has 0 bridgehead atoms. The summed E-state index contributed by atoms with van der Waals surface area (Å²) in [4.78, 5) is 10.8. The highest BCUT2D eigenvalue weighted by Crippen LogP contribution is 2.22. The smallest absolute Gasteiger partial charge is 0.162 e.